The second-order valence-corrected chi connectivity index (χ2v) is 3.18. The molecule has 1 rings (SSSR count). The van der Waals surface area contributed by atoms with Crippen LogP contribution >= 0.6 is 0 Å². The fourth-order valence-corrected chi connectivity index (χ4v) is 1.07. The lowest BCUT2D eigenvalue weighted by Gasteiger charge is -2.18. The van der Waals surface area contributed by atoms with Crippen molar-refractivity contribution in [3.05, 3.63) is 0 Å². The molecule has 0 aromatic heterocycles. The van der Waals surface area contributed by atoms with Crippen LogP contribution in [0.2, 0.25) is 0 Å². The van der Waals surface area contributed by atoms with Crippen molar-refractivity contribution < 1.29 is 9.90 Å². The zero-order valence-corrected chi connectivity index (χ0v) is 6.87. The highest BCUT2D eigenvalue weighted by Gasteiger charge is 2.36. The van der Waals surface area contributed by atoms with E-state index in [0.717, 1.165) is 12.8 Å². The summed E-state index contributed by atoms with van der Waals surface area (Å²) in [6.07, 6.45) is 2.08. The molecule has 4 heteroatoms. The fourth-order valence-electron chi connectivity index (χ4n) is 1.07. The van der Waals surface area contributed by atoms with Crippen LogP contribution in [-0.4, -0.2) is 36.2 Å². The van der Waals surface area contributed by atoms with Crippen molar-refractivity contribution in [2.45, 2.75) is 18.9 Å². The van der Waals surface area contributed by atoms with Gasteiger partial charge in [0.1, 0.15) is 6.04 Å². The summed E-state index contributed by atoms with van der Waals surface area (Å²) in [5.74, 6) is -0.406. The van der Waals surface area contributed by atoms with Gasteiger partial charge >= 0.3 is 5.97 Å². The molecule has 1 unspecified atom stereocenters. The molecule has 0 aromatic rings. The molecular formula is C7H14N2O2. The maximum atomic E-state index is 10.6. The molecule has 0 amide bonds. The lowest BCUT2D eigenvalue weighted by Crippen LogP contribution is -2.45. The highest BCUT2D eigenvalue weighted by Crippen LogP contribution is 2.32. The van der Waals surface area contributed by atoms with E-state index in [-0.39, 0.29) is 6.04 Å². The van der Waals surface area contributed by atoms with E-state index in [0.29, 0.717) is 5.92 Å². The monoisotopic (exact) mass is 158 g/mol. The summed E-state index contributed by atoms with van der Waals surface area (Å²) in [5.41, 5.74) is 2.88. The quantitative estimate of drug-likeness (QED) is 0.562. The molecule has 11 heavy (non-hydrogen) atoms. The Morgan fingerprint density at radius 3 is 2.45 bits per heavy atom. The normalized spacial score (nSPS) is 20.3. The molecule has 0 aromatic carbocycles. The fraction of sp³-hybridized carbons (Fsp3) is 0.857. The maximum Gasteiger partial charge on any atom is 0.322 e. The zero-order valence-electron chi connectivity index (χ0n) is 6.87. The van der Waals surface area contributed by atoms with Gasteiger partial charge in [0.2, 0.25) is 0 Å². The Morgan fingerprint density at radius 2 is 2.18 bits per heavy atom. The van der Waals surface area contributed by atoms with E-state index < -0.39 is 5.97 Å². The second-order valence-electron chi connectivity index (χ2n) is 3.18. The molecule has 0 radical (unpaired) electrons. The smallest absolute Gasteiger partial charge is 0.322 e. The molecule has 0 heterocycles. The van der Waals surface area contributed by atoms with Crippen molar-refractivity contribution in [1.29, 1.82) is 0 Å². The van der Waals surface area contributed by atoms with Crippen LogP contribution in [0.1, 0.15) is 12.8 Å². The average molecular weight is 158 g/mol. The standard InChI is InChI=1S/C7H14N2O2/c1-9(2)8-6(7(10)11)5-3-4-5/h5-6,8H,3-4H2,1-2H3,(H,10,11). The minimum absolute atomic E-state index is 0.342. The number of hydrazine groups is 1. The first-order chi connectivity index (χ1) is 5.11. The Balaban J connectivity index is 2.38. The van der Waals surface area contributed by atoms with Crippen molar-refractivity contribution in [1.82, 2.24) is 10.4 Å². The summed E-state index contributed by atoms with van der Waals surface area (Å²) < 4.78 is 0. The van der Waals surface area contributed by atoms with Crippen molar-refractivity contribution >= 4 is 5.97 Å². The second kappa shape index (κ2) is 3.19. The minimum atomic E-state index is -0.749. The van der Waals surface area contributed by atoms with Crippen molar-refractivity contribution in [2.24, 2.45) is 5.92 Å². The molecule has 64 valence electrons. The Kier molecular flexibility index (Phi) is 2.46. The van der Waals surface area contributed by atoms with Gasteiger partial charge in [-0.15, -0.1) is 0 Å². The lowest BCUT2D eigenvalue weighted by atomic mass is 10.2. The van der Waals surface area contributed by atoms with Gasteiger partial charge in [0.25, 0.3) is 0 Å². The number of nitrogens with zero attached hydrogens (tertiary/aromatic N) is 1. The molecule has 0 bridgehead atoms. The van der Waals surface area contributed by atoms with Crippen LogP contribution in [0.15, 0.2) is 0 Å². The molecule has 0 saturated heterocycles. The van der Waals surface area contributed by atoms with Gasteiger partial charge in [-0.1, -0.05) is 0 Å². The minimum Gasteiger partial charge on any atom is -0.480 e. The van der Waals surface area contributed by atoms with E-state index >= 15 is 0 Å². The third kappa shape index (κ3) is 2.48. The number of carbonyl (C=O) groups is 1. The van der Waals surface area contributed by atoms with E-state index in [4.69, 9.17) is 5.11 Å². The van der Waals surface area contributed by atoms with Crippen LogP contribution < -0.4 is 5.43 Å². The largest absolute Gasteiger partial charge is 0.480 e. The van der Waals surface area contributed by atoms with Gasteiger partial charge in [0.15, 0.2) is 0 Å². The Morgan fingerprint density at radius 1 is 1.64 bits per heavy atom. The Labute approximate surface area is 66.2 Å². The van der Waals surface area contributed by atoms with E-state index in [2.05, 4.69) is 5.43 Å². The predicted molar refractivity (Wildman–Crippen MR) is 41.0 cm³/mol. The molecule has 1 aliphatic carbocycles. The van der Waals surface area contributed by atoms with Gasteiger partial charge in [-0.2, -0.15) is 0 Å². The van der Waals surface area contributed by atoms with Crippen LogP contribution in [0.5, 0.6) is 0 Å². The summed E-state index contributed by atoms with van der Waals surface area (Å²) in [6.45, 7) is 0. The van der Waals surface area contributed by atoms with Gasteiger partial charge in [-0.25, -0.2) is 10.4 Å². The van der Waals surface area contributed by atoms with Gasteiger partial charge in [-0.3, -0.25) is 4.79 Å². The Hall–Kier alpha value is -0.610. The van der Waals surface area contributed by atoms with Crippen LogP contribution in [-0.2, 0) is 4.79 Å². The summed E-state index contributed by atoms with van der Waals surface area (Å²) in [4.78, 5) is 10.6. The molecule has 1 saturated carbocycles. The van der Waals surface area contributed by atoms with Gasteiger partial charge in [0.05, 0.1) is 0 Å². The number of hydrogen-bond acceptors (Lipinski definition) is 3. The van der Waals surface area contributed by atoms with Crippen LogP contribution in [0.3, 0.4) is 0 Å². The van der Waals surface area contributed by atoms with Crippen LogP contribution in [0.25, 0.3) is 0 Å². The summed E-state index contributed by atoms with van der Waals surface area (Å²) in [6, 6.07) is -0.384. The van der Waals surface area contributed by atoms with E-state index in [1.165, 1.54) is 0 Å². The molecule has 0 spiro atoms. The Bertz CT molecular complexity index is 155. The van der Waals surface area contributed by atoms with E-state index in [9.17, 15) is 4.79 Å². The topological polar surface area (TPSA) is 52.6 Å². The van der Waals surface area contributed by atoms with Crippen molar-refractivity contribution in [3.63, 3.8) is 0 Å². The lowest BCUT2D eigenvalue weighted by molar-refractivity contribution is -0.141. The molecule has 4 nitrogen and oxygen atoms in total. The highest BCUT2D eigenvalue weighted by molar-refractivity contribution is 5.74. The molecular weight excluding hydrogens is 144 g/mol. The summed E-state index contributed by atoms with van der Waals surface area (Å²) >= 11 is 0. The van der Waals surface area contributed by atoms with E-state index in [1.807, 2.05) is 0 Å². The van der Waals surface area contributed by atoms with Crippen molar-refractivity contribution in [2.75, 3.05) is 14.1 Å². The molecule has 1 aliphatic rings. The first-order valence-electron chi connectivity index (χ1n) is 3.77. The number of aliphatic carboxylic acids is 1. The van der Waals surface area contributed by atoms with Gasteiger partial charge in [-0.05, 0) is 18.8 Å². The predicted octanol–water partition coefficient (Wildman–Crippen LogP) is -0.0842. The summed E-state index contributed by atoms with van der Waals surface area (Å²) in [7, 11) is 3.61. The number of hydrogen-bond donors (Lipinski definition) is 2. The number of carboxylic acid groups (broad SMARTS) is 1. The third-order valence-electron chi connectivity index (χ3n) is 1.76. The van der Waals surface area contributed by atoms with Gasteiger partial charge in [0, 0.05) is 14.1 Å². The first kappa shape index (κ1) is 8.49. The van der Waals surface area contributed by atoms with Gasteiger partial charge < -0.3 is 5.11 Å². The average Bonchev–Trinajstić information content (AvgIpc) is 2.63. The zero-order chi connectivity index (χ0) is 8.43. The number of carboxylic acids is 1. The molecule has 2 N–H and O–H groups in total. The van der Waals surface area contributed by atoms with E-state index in [1.54, 1.807) is 19.1 Å². The van der Waals surface area contributed by atoms with Crippen molar-refractivity contribution in [3.8, 4) is 0 Å². The molecule has 1 fully saturated rings. The molecule has 1 atom stereocenters. The maximum absolute atomic E-state index is 10.6. The van der Waals surface area contributed by atoms with Crippen LogP contribution in [0.4, 0.5) is 0 Å². The molecule has 0 aliphatic heterocycles. The SMILES string of the molecule is CN(C)NC(C(=O)O)C1CC1. The summed E-state index contributed by atoms with van der Waals surface area (Å²) in [5, 5.41) is 10.4. The first-order valence-corrected chi connectivity index (χ1v) is 3.77. The number of nitrogens with one attached hydrogen (secondary N) is 1. The highest BCUT2D eigenvalue weighted by atomic mass is 16.4. The number of rotatable bonds is 4. The third-order valence-corrected chi connectivity index (χ3v) is 1.76. The van der Waals surface area contributed by atoms with Crippen LogP contribution in [0, 0.1) is 5.92 Å².